The standard InChI is InChI=1S/3Ca.3H3O4P.2H2O.6H/c;;;3*1-5(2,3)4;;;;;;;;/h;;;3*(H3,1,2,3,4);2*1H2;;;;;;/q3*+2;;;;;;6*-1. The molecule has 0 fully saturated rings. The van der Waals surface area contributed by atoms with Crippen LogP contribution in [0.2, 0.25) is 0 Å². The minimum Gasteiger partial charge on any atom is -1.00 e. The van der Waals surface area contributed by atoms with E-state index in [0.717, 1.165) is 0 Å². The van der Waals surface area contributed by atoms with Crippen LogP contribution in [0.5, 0.6) is 0 Å². The SMILES string of the molecule is O.O.O=P(O)(O)O.O=P(O)(O)O.O=P(O)(O)O.[Ca+2].[Ca+2].[Ca+2].[H-].[H-].[H-].[H-].[H-].[H-]. The smallest absolute Gasteiger partial charge is 1.00 e. The third kappa shape index (κ3) is 600. The van der Waals surface area contributed by atoms with Gasteiger partial charge in [0.05, 0.1) is 0 Å². The van der Waals surface area contributed by atoms with E-state index in [9.17, 15) is 0 Å². The molecule has 0 saturated heterocycles. The van der Waals surface area contributed by atoms with Crippen LogP contribution >= 0.6 is 23.5 Å². The molecule has 0 aromatic carbocycles. The minimum atomic E-state index is -4.64. The molecule has 0 rings (SSSR count). The Labute approximate surface area is 210 Å². The van der Waals surface area contributed by atoms with Crippen molar-refractivity contribution in [2.75, 3.05) is 0 Å². The Kier molecular flexibility index (Phi) is 57.1. The van der Waals surface area contributed by atoms with Gasteiger partial charge in [0, 0.05) is 0 Å². The van der Waals surface area contributed by atoms with Crippen LogP contribution < -0.4 is 0 Å². The summed E-state index contributed by atoms with van der Waals surface area (Å²) in [5.41, 5.74) is 0. The van der Waals surface area contributed by atoms with E-state index in [1.165, 1.54) is 0 Å². The summed E-state index contributed by atoms with van der Waals surface area (Å²) in [6, 6.07) is 0. The van der Waals surface area contributed by atoms with E-state index < -0.39 is 23.5 Å². The predicted octanol–water partition coefficient (Wildman–Crippen LogP) is -4.90. The molecule has 0 radical (unpaired) electrons. The molecule has 0 unspecified atom stereocenters. The van der Waals surface area contributed by atoms with E-state index in [-0.39, 0.29) is 133 Å². The molecule has 124 valence electrons. The summed E-state index contributed by atoms with van der Waals surface area (Å²) in [5, 5.41) is 0. The second-order valence-corrected chi connectivity index (χ2v) is 4.62. The number of hydrogen-bond donors (Lipinski definition) is 9. The van der Waals surface area contributed by atoms with Crippen LogP contribution in [-0.2, 0) is 13.7 Å². The van der Waals surface area contributed by atoms with Crippen molar-refractivity contribution in [2.45, 2.75) is 0 Å². The molecule has 0 aliphatic heterocycles. The van der Waals surface area contributed by atoms with Crippen LogP contribution in [0, 0.1) is 0 Å². The van der Waals surface area contributed by atoms with Crippen molar-refractivity contribution in [2.24, 2.45) is 0 Å². The molecular formula is H19Ca3O14P3. The third-order valence-corrected chi connectivity index (χ3v) is 0. The van der Waals surface area contributed by atoms with Crippen molar-refractivity contribution < 1.29 is 77.2 Å². The number of rotatable bonds is 0. The van der Waals surface area contributed by atoms with E-state index in [0.29, 0.717) is 0 Å². The molecule has 0 aliphatic rings. The molecule has 14 nitrogen and oxygen atoms in total. The van der Waals surface area contributed by atoms with Crippen LogP contribution in [0.1, 0.15) is 8.56 Å². The molecule has 0 saturated carbocycles. The summed E-state index contributed by atoms with van der Waals surface area (Å²) in [4.78, 5) is 64.7. The molecule has 0 bridgehead atoms. The molecule has 20 heteroatoms. The fourth-order valence-corrected chi connectivity index (χ4v) is 0. The maximum Gasteiger partial charge on any atom is 2.00 e. The topological polar surface area (TPSA) is 296 Å². The molecule has 0 amide bonds. The molecule has 0 heterocycles. The van der Waals surface area contributed by atoms with Crippen molar-refractivity contribution in [1.29, 1.82) is 0 Å². The van der Waals surface area contributed by atoms with Gasteiger partial charge in [0.1, 0.15) is 0 Å². The Bertz CT molecular complexity index is 230. The van der Waals surface area contributed by atoms with Gasteiger partial charge in [0.2, 0.25) is 0 Å². The normalized spacial score (nSPS) is 8.85. The Morgan fingerprint density at radius 2 is 0.450 bits per heavy atom. The first kappa shape index (κ1) is 49.6. The third-order valence-electron chi connectivity index (χ3n) is 0. The van der Waals surface area contributed by atoms with Gasteiger partial charge in [-0.15, -0.1) is 0 Å². The van der Waals surface area contributed by atoms with Crippen molar-refractivity contribution >= 4 is 137 Å². The second kappa shape index (κ2) is 23.0. The van der Waals surface area contributed by atoms with Crippen molar-refractivity contribution in [3.05, 3.63) is 0 Å². The fourth-order valence-electron chi connectivity index (χ4n) is 0. The summed E-state index contributed by atoms with van der Waals surface area (Å²) in [6.07, 6.45) is 0. The first-order valence-electron chi connectivity index (χ1n) is 2.35. The molecule has 0 atom stereocenters. The Balaban J connectivity index is -0.00000000571. The summed E-state index contributed by atoms with van der Waals surface area (Å²) in [6.45, 7) is 0. The van der Waals surface area contributed by atoms with Crippen LogP contribution in [0.15, 0.2) is 0 Å². The van der Waals surface area contributed by atoms with Gasteiger partial charge in [-0.1, -0.05) is 0 Å². The summed E-state index contributed by atoms with van der Waals surface area (Å²) >= 11 is 0. The zero-order valence-corrected chi connectivity index (χ0v) is 19.0. The van der Waals surface area contributed by atoms with Crippen LogP contribution in [0.3, 0.4) is 0 Å². The number of hydrogen-bond acceptors (Lipinski definition) is 3. The van der Waals surface area contributed by atoms with E-state index >= 15 is 0 Å². The Morgan fingerprint density at radius 3 is 0.450 bits per heavy atom. The van der Waals surface area contributed by atoms with Crippen LogP contribution in [-0.4, -0.2) is 168 Å². The molecule has 0 aromatic rings. The molecule has 13 N–H and O–H groups in total. The van der Waals surface area contributed by atoms with Gasteiger partial charge in [0.25, 0.3) is 0 Å². The monoisotopic (exact) mass is 456 g/mol. The van der Waals surface area contributed by atoms with Gasteiger partial charge in [-0.3, -0.25) is 0 Å². The molecule has 0 aromatic heterocycles. The molecule has 20 heavy (non-hydrogen) atoms. The summed E-state index contributed by atoms with van der Waals surface area (Å²) < 4.78 is 26.6. The van der Waals surface area contributed by atoms with Crippen molar-refractivity contribution in [3.63, 3.8) is 0 Å². The predicted molar refractivity (Wildman–Crippen MR) is 74.0 cm³/mol. The maximum absolute atomic E-state index is 8.88. The average Bonchev–Trinajstić information content (AvgIpc) is 1.41. The average molecular weight is 456 g/mol. The van der Waals surface area contributed by atoms with Gasteiger partial charge < -0.3 is 63.6 Å². The van der Waals surface area contributed by atoms with E-state index in [2.05, 4.69) is 0 Å². The fraction of sp³-hybridized carbons (Fsp3) is 0. The Hall–Kier alpha value is 4.03. The largest absolute Gasteiger partial charge is 2.00 e. The van der Waals surface area contributed by atoms with Gasteiger partial charge in [-0.2, -0.15) is 0 Å². The Morgan fingerprint density at radius 1 is 0.450 bits per heavy atom. The maximum atomic E-state index is 8.88. The first-order valence-corrected chi connectivity index (χ1v) is 7.04. The van der Waals surface area contributed by atoms with Crippen molar-refractivity contribution in [3.8, 4) is 0 Å². The minimum absolute atomic E-state index is 0. The quantitative estimate of drug-likeness (QED) is 0.122. The molecule has 0 aliphatic carbocycles. The first-order chi connectivity index (χ1) is 6.00. The van der Waals surface area contributed by atoms with E-state index in [4.69, 9.17) is 57.7 Å². The molecular weight excluding hydrogens is 437 g/mol. The summed E-state index contributed by atoms with van der Waals surface area (Å²) in [7, 11) is -13.9. The summed E-state index contributed by atoms with van der Waals surface area (Å²) in [5.74, 6) is 0. The second-order valence-electron chi connectivity index (χ2n) is 1.54. The van der Waals surface area contributed by atoms with E-state index in [1.807, 2.05) is 0 Å². The zero-order valence-electron chi connectivity index (χ0n) is 15.7. The van der Waals surface area contributed by atoms with Gasteiger partial charge in [-0.05, 0) is 0 Å². The van der Waals surface area contributed by atoms with E-state index in [1.54, 1.807) is 0 Å². The van der Waals surface area contributed by atoms with Gasteiger partial charge >= 0.3 is 137 Å². The van der Waals surface area contributed by atoms with Gasteiger partial charge in [0.15, 0.2) is 0 Å². The number of phosphoric acid groups is 3. The van der Waals surface area contributed by atoms with Gasteiger partial charge in [-0.25, -0.2) is 13.7 Å². The molecule has 0 spiro atoms. The van der Waals surface area contributed by atoms with Crippen molar-refractivity contribution in [1.82, 2.24) is 0 Å². The zero-order chi connectivity index (χ0) is 13.5. The van der Waals surface area contributed by atoms with Crippen LogP contribution in [0.4, 0.5) is 0 Å². The van der Waals surface area contributed by atoms with Crippen LogP contribution in [0.25, 0.3) is 0 Å².